The Labute approximate surface area is 168 Å². The first-order valence-electron chi connectivity index (χ1n) is 8.64. The summed E-state index contributed by atoms with van der Waals surface area (Å²) in [6, 6.07) is 11.2. The van der Waals surface area contributed by atoms with E-state index in [1.165, 1.54) is 11.0 Å². The van der Waals surface area contributed by atoms with Gasteiger partial charge in [0.05, 0.1) is 19.9 Å². The molecule has 0 bridgehead atoms. The van der Waals surface area contributed by atoms with Crippen LogP contribution in [0.15, 0.2) is 57.1 Å². The van der Waals surface area contributed by atoms with Gasteiger partial charge in [-0.2, -0.15) is 9.78 Å². The fraction of sp³-hybridized carbons (Fsp3) is 0.150. The number of hydrogen-bond acceptors (Lipinski definition) is 5. The summed E-state index contributed by atoms with van der Waals surface area (Å²) in [6.45, 7) is 2.46. The minimum absolute atomic E-state index is 0.272. The van der Waals surface area contributed by atoms with E-state index in [0.29, 0.717) is 29.1 Å². The van der Waals surface area contributed by atoms with Crippen molar-refractivity contribution in [2.75, 3.05) is 13.7 Å². The lowest BCUT2D eigenvalue weighted by molar-refractivity contribution is 0.311. The molecule has 7 nitrogen and oxygen atoms in total. The highest BCUT2D eigenvalue weighted by molar-refractivity contribution is 9.10. The van der Waals surface area contributed by atoms with Crippen LogP contribution in [-0.2, 0) is 0 Å². The summed E-state index contributed by atoms with van der Waals surface area (Å²) in [6.07, 6.45) is 2.99. The molecule has 2 aromatic heterocycles. The van der Waals surface area contributed by atoms with Gasteiger partial charge in [-0.25, -0.2) is 4.98 Å². The molecule has 2 aromatic carbocycles. The quantitative estimate of drug-likeness (QED) is 0.476. The van der Waals surface area contributed by atoms with Gasteiger partial charge in [-0.15, -0.1) is 0 Å². The number of hydrogen-bond donors (Lipinski definition) is 1. The van der Waals surface area contributed by atoms with Gasteiger partial charge in [-0.3, -0.25) is 4.79 Å². The number of nitrogens with zero attached hydrogens (tertiary/aromatic N) is 3. The van der Waals surface area contributed by atoms with E-state index in [0.717, 1.165) is 20.9 Å². The molecular formula is C20H17BrN4O3. The number of methoxy groups -OCH3 is 1. The van der Waals surface area contributed by atoms with E-state index in [2.05, 4.69) is 31.0 Å². The number of aromatic nitrogens is 3. The molecule has 0 saturated heterocycles. The molecule has 0 fully saturated rings. The normalized spacial score (nSPS) is 11.5. The minimum Gasteiger partial charge on any atom is -0.493 e. The predicted octanol–water partition coefficient (Wildman–Crippen LogP) is 3.93. The molecular weight excluding hydrogens is 424 g/mol. The third kappa shape index (κ3) is 3.27. The first-order valence-corrected chi connectivity index (χ1v) is 9.43. The Morgan fingerprint density at radius 2 is 2.11 bits per heavy atom. The number of ether oxygens (including phenoxy) is 2. The largest absolute Gasteiger partial charge is 0.493 e. The summed E-state index contributed by atoms with van der Waals surface area (Å²) in [7, 11) is 1.58. The average Bonchev–Trinajstić information content (AvgIpc) is 3.07. The molecule has 0 aliphatic heterocycles. The smallest absolute Gasteiger partial charge is 0.298 e. The topological polar surface area (TPSA) is 81.5 Å². The van der Waals surface area contributed by atoms with Gasteiger partial charge < -0.3 is 14.5 Å². The number of nitrogens with one attached hydrogen (secondary N) is 1. The maximum absolute atomic E-state index is 12.8. The molecule has 0 saturated carbocycles. The van der Waals surface area contributed by atoms with Crippen LogP contribution in [0.25, 0.3) is 21.9 Å². The predicted molar refractivity (Wildman–Crippen MR) is 113 cm³/mol. The molecule has 0 unspecified atom stereocenters. The van der Waals surface area contributed by atoms with Crippen LogP contribution < -0.4 is 15.0 Å². The highest BCUT2D eigenvalue weighted by Gasteiger charge is 2.11. The lowest BCUT2D eigenvalue weighted by atomic mass is 10.2. The van der Waals surface area contributed by atoms with Crippen molar-refractivity contribution in [3.05, 3.63) is 63.1 Å². The lowest BCUT2D eigenvalue weighted by Gasteiger charge is -2.09. The maximum Gasteiger partial charge on any atom is 0.298 e. The molecule has 0 aliphatic carbocycles. The van der Waals surface area contributed by atoms with Gasteiger partial charge in [0.25, 0.3) is 5.56 Å². The van der Waals surface area contributed by atoms with Gasteiger partial charge in [0.1, 0.15) is 17.4 Å². The van der Waals surface area contributed by atoms with Crippen molar-refractivity contribution in [1.29, 1.82) is 0 Å². The molecule has 1 N–H and O–H groups in total. The van der Waals surface area contributed by atoms with Gasteiger partial charge >= 0.3 is 0 Å². The minimum atomic E-state index is -0.272. The number of benzene rings is 2. The standard InChI is InChI=1S/C20H17BrN4O3/c1-3-28-16-7-4-12(8-17(16)27-2)10-23-25-11-22-18-14-9-13(21)5-6-15(14)24-19(18)20(25)26/h4-11,24H,3H2,1-2H3. The first kappa shape index (κ1) is 18.2. The molecule has 0 radical (unpaired) electrons. The summed E-state index contributed by atoms with van der Waals surface area (Å²) in [5.41, 5.74) is 2.38. The fourth-order valence-electron chi connectivity index (χ4n) is 2.97. The van der Waals surface area contributed by atoms with E-state index in [1.54, 1.807) is 19.4 Å². The molecule has 0 amide bonds. The van der Waals surface area contributed by atoms with E-state index in [9.17, 15) is 4.79 Å². The van der Waals surface area contributed by atoms with Crippen LogP contribution >= 0.6 is 15.9 Å². The molecule has 4 rings (SSSR count). The van der Waals surface area contributed by atoms with Crippen molar-refractivity contribution < 1.29 is 9.47 Å². The summed E-state index contributed by atoms with van der Waals surface area (Å²) >= 11 is 3.45. The van der Waals surface area contributed by atoms with Crippen molar-refractivity contribution in [3.63, 3.8) is 0 Å². The van der Waals surface area contributed by atoms with Gasteiger partial charge in [0.15, 0.2) is 11.5 Å². The SMILES string of the molecule is CCOc1ccc(C=Nn2cnc3c([nH]c4ccc(Br)cc43)c2=O)cc1OC. The molecule has 0 spiro atoms. The summed E-state index contributed by atoms with van der Waals surface area (Å²) in [5, 5.41) is 5.14. The highest BCUT2D eigenvalue weighted by atomic mass is 79.9. The van der Waals surface area contributed by atoms with Crippen LogP contribution in [-0.4, -0.2) is 34.6 Å². The third-order valence-electron chi connectivity index (χ3n) is 4.27. The monoisotopic (exact) mass is 440 g/mol. The zero-order chi connectivity index (χ0) is 19.7. The Bertz CT molecular complexity index is 1260. The summed E-state index contributed by atoms with van der Waals surface area (Å²) in [5.74, 6) is 1.26. The van der Waals surface area contributed by atoms with E-state index in [-0.39, 0.29) is 5.56 Å². The molecule has 2 heterocycles. The molecule has 8 heteroatoms. The fourth-order valence-corrected chi connectivity index (χ4v) is 3.33. The Hall–Kier alpha value is -3.13. The van der Waals surface area contributed by atoms with Crippen molar-refractivity contribution in [2.45, 2.75) is 6.92 Å². The van der Waals surface area contributed by atoms with Crippen LogP contribution in [0.2, 0.25) is 0 Å². The van der Waals surface area contributed by atoms with E-state index in [4.69, 9.17) is 9.47 Å². The number of halogens is 1. The van der Waals surface area contributed by atoms with E-state index < -0.39 is 0 Å². The van der Waals surface area contributed by atoms with Gasteiger partial charge in [-0.05, 0) is 48.9 Å². The Kier molecular flexibility index (Phi) is 4.87. The van der Waals surface area contributed by atoms with Gasteiger partial charge in [-0.1, -0.05) is 15.9 Å². The zero-order valence-electron chi connectivity index (χ0n) is 15.3. The number of fused-ring (bicyclic) bond motifs is 3. The van der Waals surface area contributed by atoms with Crippen molar-refractivity contribution in [3.8, 4) is 11.5 Å². The molecule has 28 heavy (non-hydrogen) atoms. The van der Waals surface area contributed by atoms with Crippen molar-refractivity contribution >= 4 is 44.1 Å². The van der Waals surface area contributed by atoms with E-state index >= 15 is 0 Å². The van der Waals surface area contributed by atoms with Crippen molar-refractivity contribution in [1.82, 2.24) is 14.6 Å². The van der Waals surface area contributed by atoms with E-state index in [1.807, 2.05) is 37.3 Å². The Morgan fingerprint density at radius 3 is 2.89 bits per heavy atom. The second kappa shape index (κ2) is 7.47. The molecule has 0 atom stereocenters. The molecule has 4 aromatic rings. The second-order valence-corrected chi connectivity index (χ2v) is 6.94. The third-order valence-corrected chi connectivity index (χ3v) is 4.76. The summed E-state index contributed by atoms with van der Waals surface area (Å²) < 4.78 is 13.0. The first-order chi connectivity index (χ1) is 13.6. The molecule has 0 aliphatic rings. The number of aromatic amines is 1. The second-order valence-electron chi connectivity index (χ2n) is 6.02. The van der Waals surface area contributed by atoms with Crippen molar-refractivity contribution in [2.24, 2.45) is 5.10 Å². The lowest BCUT2D eigenvalue weighted by Crippen LogP contribution is -2.17. The average molecular weight is 441 g/mol. The number of H-pyrrole nitrogens is 1. The van der Waals surface area contributed by atoms with Crippen LogP contribution in [0.3, 0.4) is 0 Å². The highest BCUT2D eigenvalue weighted by Crippen LogP contribution is 2.27. The van der Waals surface area contributed by atoms with Crippen LogP contribution in [0, 0.1) is 0 Å². The Balaban J connectivity index is 1.73. The van der Waals surface area contributed by atoms with Crippen LogP contribution in [0.4, 0.5) is 0 Å². The zero-order valence-corrected chi connectivity index (χ0v) is 16.9. The van der Waals surface area contributed by atoms with Gasteiger partial charge in [0.2, 0.25) is 0 Å². The van der Waals surface area contributed by atoms with Gasteiger partial charge in [0, 0.05) is 15.4 Å². The van der Waals surface area contributed by atoms with Crippen LogP contribution in [0.1, 0.15) is 12.5 Å². The number of rotatable bonds is 5. The molecule has 142 valence electrons. The summed E-state index contributed by atoms with van der Waals surface area (Å²) in [4.78, 5) is 20.3. The Morgan fingerprint density at radius 1 is 1.25 bits per heavy atom. The maximum atomic E-state index is 12.8. The van der Waals surface area contributed by atoms with Crippen LogP contribution in [0.5, 0.6) is 11.5 Å².